The van der Waals surface area contributed by atoms with Gasteiger partial charge in [0.25, 0.3) is 0 Å². The summed E-state index contributed by atoms with van der Waals surface area (Å²) in [7, 11) is 0. The molecule has 1 fully saturated rings. The normalized spacial score (nSPS) is 23.0. The van der Waals surface area contributed by atoms with E-state index in [2.05, 4.69) is 13.2 Å². The molecule has 0 aromatic carbocycles. The number of esters is 1. The van der Waals surface area contributed by atoms with Gasteiger partial charge in [-0.15, -0.1) is 0 Å². The van der Waals surface area contributed by atoms with E-state index in [0.29, 0.717) is 0 Å². The van der Waals surface area contributed by atoms with Gasteiger partial charge in [-0.3, -0.25) is 4.79 Å². The van der Waals surface area contributed by atoms with Gasteiger partial charge < -0.3 is 15.2 Å². The first-order chi connectivity index (χ1) is 6.89. The van der Waals surface area contributed by atoms with Gasteiger partial charge in [0.05, 0.1) is 6.61 Å². The van der Waals surface area contributed by atoms with Crippen molar-refractivity contribution in [2.75, 3.05) is 13.2 Å². The van der Waals surface area contributed by atoms with Crippen LogP contribution in [0.5, 0.6) is 0 Å². The summed E-state index contributed by atoms with van der Waals surface area (Å²) in [5, 5.41) is 0. The van der Waals surface area contributed by atoms with Gasteiger partial charge in [0.15, 0.2) is 5.60 Å². The number of carbonyl (C=O) groups is 2. The average Bonchev–Trinajstić information content (AvgIpc) is 2.93. The zero-order chi connectivity index (χ0) is 11.6. The predicted octanol–water partition coefficient (Wildman–Crippen LogP) is -0.0838. The topological polar surface area (TPSA) is 81.9 Å². The Kier molecular flexibility index (Phi) is 2.95. The van der Waals surface area contributed by atoms with Crippen LogP contribution in [0.15, 0.2) is 24.3 Å². The molecule has 1 heterocycles. The molecule has 0 aromatic rings. The molecule has 1 atom stereocenters. The molecule has 0 radical (unpaired) electrons. The summed E-state index contributed by atoms with van der Waals surface area (Å²) in [6, 6.07) is 0. The summed E-state index contributed by atoms with van der Waals surface area (Å²) in [5.74, 6) is -1.18. The fraction of sp³-hybridized carbons (Fsp3) is 0.400. The Morgan fingerprint density at radius 1 is 1.53 bits per heavy atom. The lowest BCUT2D eigenvalue weighted by atomic mass is 10.0. The number of hydrogen-bond acceptors (Lipinski definition) is 4. The molecule has 1 saturated heterocycles. The first-order valence-electron chi connectivity index (χ1n) is 4.35. The quantitative estimate of drug-likeness (QED) is 0.391. The van der Waals surface area contributed by atoms with E-state index in [-0.39, 0.29) is 24.4 Å². The molecule has 5 heteroatoms. The van der Waals surface area contributed by atoms with Crippen LogP contribution in [0.1, 0.15) is 6.92 Å². The van der Waals surface area contributed by atoms with Crippen LogP contribution < -0.4 is 5.73 Å². The van der Waals surface area contributed by atoms with E-state index in [4.69, 9.17) is 15.2 Å². The molecule has 0 aromatic heterocycles. The van der Waals surface area contributed by atoms with E-state index in [0.717, 1.165) is 0 Å². The second-order valence-electron chi connectivity index (χ2n) is 3.48. The van der Waals surface area contributed by atoms with E-state index in [1.807, 2.05) is 0 Å². The van der Waals surface area contributed by atoms with E-state index in [1.54, 1.807) is 0 Å². The Balaban J connectivity index is 2.52. The Labute approximate surface area is 87.5 Å². The third kappa shape index (κ3) is 2.44. The van der Waals surface area contributed by atoms with Crippen LogP contribution in [0.3, 0.4) is 0 Å². The Hall–Kier alpha value is -1.62. The van der Waals surface area contributed by atoms with Crippen molar-refractivity contribution in [3.05, 3.63) is 24.3 Å². The number of amides is 1. The van der Waals surface area contributed by atoms with Gasteiger partial charge in [0, 0.05) is 11.1 Å². The van der Waals surface area contributed by atoms with Crippen LogP contribution >= 0.6 is 0 Å². The minimum Gasteiger partial charge on any atom is -0.459 e. The number of ether oxygens (including phenoxy) is 2. The van der Waals surface area contributed by atoms with Crippen LogP contribution in [0, 0.1) is 0 Å². The smallest absolute Gasteiger partial charge is 0.333 e. The van der Waals surface area contributed by atoms with Crippen molar-refractivity contribution < 1.29 is 19.1 Å². The first-order valence-corrected chi connectivity index (χ1v) is 4.35. The minimum absolute atomic E-state index is 0.0551. The molecule has 82 valence electrons. The molecule has 2 N–H and O–H groups in total. The SMILES string of the molecule is C=C(C)C(=O)OCC1(C(=C)C(N)=O)CO1. The Bertz CT molecular complexity index is 341. The number of nitrogens with two attached hydrogens (primary N) is 1. The largest absolute Gasteiger partial charge is 0.459 e. The molecule has 1 unspecified atom stereocenters. The van der Waals surface area contributed by atoms with E-state index >= 15 is 0 Å². The highest BCUT2D eigenvalue weighted by molar-refractivity contribution is 5.94. The van der Waals surface area contributed by atoms with Crippen molar-refractivity contribution >= 4 is 11.9 Å². The first kappa shape index (κ1) is 11.5. The molecule has 0 spiro atoms. The summed E-state index contributed by atoms with van der Waals surface area (Å²) < 4.78 is 9.91. The van der Waals surface area contributed by atoms with E-state index in [9.17, 15) is 9.59 Å². The van der Waals surface area contributed by atoms with Crippen LogP contribution in [0.25, 0.3) is 0 Å². The zero-order valence-electron chi connectivity index (χ0n) is 8.54. The molecule has 0 saturated carbocycles. The lowest BCUT2D eigenvalue weighted by molar-refractivity contribution is -0.140. The second kappa shape index (κ2) is 3.86. The van der Waals surface area contributed by atoms with Crippen molar-refractivity contribution in [3.63, 3.8) is 0 Å². The Morgan fingerprint density at radius 2 is 2.07 bits per heavy atom. The van der Waals surface area contributed by atoms with Crippen LogP contribution in [0.2, 0.25) is 0 Å². The van der Waals surface area contributed by atoms with Gasteiger partial charge in [-0.05, 0) is 6.92 Å². The summed E-state index contributed by atoms with van der Waals surface area (Å²) in [5.41, 5.74) is 4.56. The maximum absolute atomic E-state index is 11.1. The lowest BCUT2D eigenvalue weighted by Crippen LogP contribution is -2.31. The number of carbonyl (C=O) groups excluding carboxylic acids is 2. The summed E-state index contributed by atoms with van der Waals surface area (Å²) in [4.78, 5) is 21.9. The number of rotatable bonds is 5. The molecule has 1 aliphatic heterocycles. The van der Waals surface area contributed by atoms with Crippen molar-refractivity contribution in [1.82, 2.24) is 0 Å². The fourth-order valence-electron chi connectivity index (χ4n) is 0.962. The number of primary amides is 1. The van der Waals surface area contributed by atoms with Gasteiger partial charge in [-0.2, -0.15) is 0 Å². The fourth-order valence-corrected chi connectivity index (χ4v) is 0.962. The molecular formula is C10H13NO4. The molecule has 1 aliphatic rings. The maximum Gasteiger partial charge on any atom is 0.333 e. The molecular weight excluding hydrogens is 198 g/mol. The van der Waals surface area contributed by atoms with Gasteiger partial charge in [-0.25, -0.2) is 4.79 Å². The van der Waals surface area contributed by atoms with Crippen molar-refractivity contribution in [1.29, 1.82) is 0 Å². The van der Waals surface area contributed by atoms with Crippen LogP contribution in [0.4, 0.5) is 0 Å². The number of hydrogen-bond donors (Lipinski definition) is 1. The molecule has 0 bridgehead atoms. The van der Waals surface area contributed by atoms with Gasteiger partial charge in [0.1, 0.15) is 6.61 Å². The number of epoxide rings is 1. The summed E-state index contributed by atoms with van der Waals surface area (Å²) in [6.07, 6.45) is 0. The maximum atomic E-state index is 11.1. The standard InChI is InChI=1S/C10H13NO4/c1-6(2)9(13)14-4-10(5-15-10)7(3)8(11)12/h1,3-5H2,2H3,(H2,11,12). The van der Waals surface area contributed by atoms with Crippen molar-refractivity contribution in [2.24, 2.45) is 5.73 Å². The highest BCUT2D eigenvalue weighted by atomic mass is 16.6. The minimum atomic E-state index is -0.906. The van der Waals surface area contributed by atoms with Crippen molar-refractivity contribution in [3.8, 4) is 0 Å². The van der Waals surface area contributed by atoms with Gasteiger partial charge >= 0.3 is 5.97 Å². The van der Waals surface area contributed by atoms with Gasteiger partial charge in [-0.1, -0.05) is 13.2 Å². The molecule has 15 heavy (non-hydrogen) atoms. The molecule has 0 aliphatic carbocycles. The molecule has 1 rings (SSSR count). The van der Waals surface area contributed by atoms with Gasteiger partial charge in [0.2, 0.25) is 5.91 Å². The third-order valence-corrected chi connectivity index (χ3v) is 2.13. The highest BCUT2D eigenvalue weighted by Crippen LogP contribution is 2.34. The van der Waals surface area contributed by atoms with Crippen molar-refractivity contribution in [2.45, 2.75) is 12.5 Å². The summed E-state index contributed by atoms with van der Waals surface area (Å²) >= 11 is 0. The predicted molar refractivity (Wildman–Crippen MR) is 52.8 cm³/mol. The van der Waals surface area contributed by atoms with E-state index in [1.165, 1.54) is 6.92 Å². The van der Waals surface area contributed by atoms with E-state index < -0.39 is 17.5 Å². The average molecular weight is 211 g/mol. The Morgan fingerprint density at radius 3 is 2.40 bits per heavy atom. The van der Waals surface area contributed by atoms with Crippen LogP contribution in [-0.2, 0) is 19.1 Å². The highest BCUT2D eigenvalue weighted by Gasteiger charge is 2.50. The van der Waals surface area contributed by atoms with Crippen LogP contribution in [-0.4, -0.2) is 30.7 Å². The summed E-state index contributed by atoms with van der Waals surface area (Å²) in [6.45, 7) is 8.69. The lowest BCUT2D eigenvalue weighted by Gasteiger charge is -2.12. The third-order valence-electron chi connectivity index (χ3n) is 2.13. The molecule has 5 nitrogen and oxygen atoms in total. The second-order valence-corrected chi connectivity index (χ2v) is 3.48. The molecule has 1 amide bonds. The monoisotopic (exact) mass is 211 g/mol. The zero-order valence-corrected chi connectivity index (χ0v) is 8.54.